The van der Waals surface area contributed by atoms with Crippen LogP contribution in [0, 0.1) is 11.3 Å². The van der Waals surface area contributed by atoms with Gasteiger partial charge in [-0.2, -0.15) is 5.26 Å². The van der Waals surface area contributed by atoms with Crippen molar-refractivity contribution >= 4 is 11.4 Å². The normalized spacial score (nSPS) is 10.0. The molecular formula is C17H19N3. The topological polar surface area (TPSA) is 61.8 Å². The average molecular weight is 265 g/mol. The summed E-state index contributed by atoms with van der Waals surface area (Å²) in [6.45, 7) is 2.94. The summed E-state index contributed by atoms with van der Waals surface area (Å²) >= 11 is 0. The van der Waals surface area contributed by atoms with E-state index in [9.17, 15) is 0 Å². The van der Waals surface area contributed by atoms with Crippen molar-refractivity contribution in [3.05, 3.63) is 59.2 Å². The quantitative estimate of drug-likeness (QED) is 0.813. The molecule has 0 fully saturated rings. The van der Waals surface area contributed by atoms with Crippen LogP contribution in [0.15, 0.2) is 42.5 Å². The van der Waals surface area contributed by atoms with Gasteiger partial charge in [0.1, 0.15) is 0 Å². The molecule has 2 rings (SSSR count). The number of nitrogens with zero attached hydrogens (tertiary/aromatic N) is 1. The van der Waals surface area contributed by atoms with Gasteiger partial charge in [-0.1, -0.05) is 31.2 Å². The molecule has 0 aliphatic carbocycles. The third kappa shape index (κ3) is 3.30. The summed E-state index contributed by atoms with van der Waals surface area (Å²) in [5, 5.41) is 12.2. The van der Waals surface area contributed by atoms with E-state index in [2.05, 4.69) is 42.6 Å². The molecule has 0 atom stereocenters. The lowest BCUT2D eigenvalue weighted by atomic mass is 10.0. The molecule has 0 bridgehead atoms. The number of benzene rings is 2. The molecule has 3 nitrogen and oxygen atoms in total. The van der Waals surface area contributed by atoms with E-state index in [0.717, 1.165) is 24.2 Å². The van der Waals surface area contributed by atoms with E-state index in [4.69, 9.17) is 11.0 Å². The molecule has 0 unspecified atom stereocenters. The summed E-state index contributed by atoms with van der Waals surface area (Å²) in [7, 11) is 0. The van der Waals surface area contributed by atoms with Gasteiger partial charge in [-0.15, -0.1) is 0 Å². The van der Waals surface area contributed by atoms with Gasteiger partial charge in [0.05, 0.1) is 12.5 Å². The van der Waals surface area contributed by atoms with Crippen LogP contribution in [-0.4, -0.2) is 0 Å². The van der Waals surface area contributed by atoms with E-state index < -0.39 is 0 Å². The Morgan fingerprint density at radius 2 is 1.85 bits per heavy atom. The molecule has 3 N–H and O–H groups in total. The van der Waals surface area contributed by atoms with Crippen LogP contribution in [0.5, 0.6) is 0 Å². The third-order valence-corrected chi connectivity index (χ3v) is 3.39. The number of rotatable bonds is 5. The number of hydrogen-bond donors (Lipinski definition) is 2. The molecule has 0 aliphatic rings. The summed E-state index contributed by atoms with van der Waals surface area (Å²) in [5.74, 6) is 0. The highest BCUT2D eigenvalue weighted by Crippen LogP contribution is 2.19. The summed E-state index contributed by atoms with van der Waals surface area (Å²) in [4.78, 5) is 0. The van der Waals surface area contributed by atoms with Gasteiger partial charge in [-0.3, -0.25) is 0 Å². The lowest BCUT2D eigenvalue weighted by molar-refractivity contribution is 1.04. The maximum absolute atomic E-state index is 8.79. The molecule has 0 aromatic heterocycles. The Morgan fingerprint density at radius 3 is 2.55 bits per heavy atom. The van der Waals surface area contributed by atoms with Crippen molar-refractivity contribution in [3.63, 3.8) is 0 Å². The van der Waals surface area contributed by atoms with Crippen LogP contribution in [0.1, 0.15) is 23.6 Å². The number of nitrogens with two attached hydrogens (primary N) is 1. The highest BCUT2D eigenvalue weighted by atomic mass is 14.9. The number of aryl methyl sites for hydroxylation is 1. The van der Waals surface area contributed by atoms with Gasteiger partial charge in [-0.25, -0.2) is 0 Å². The minimum atomic E-state index is 0.340. The van der Waals surface area contributed by atoms with Crippen molar-refractivity contribution in [1.82, 2.24) is 0 Å². The fourth-order valence-corrected chi connectivity index (χ4v) is 2.23. The van der Waals surface area contributed by atoms with Crippen LogP contribution in [0.3, 0.4) is 0 Å². The van der Waals surface area contributed by atoms with Crippen molar-refractivity contribution in [2.24, 2.45) is 0 Å². The SMILES string of the molecule is CCc1ccccc1CNc1ccc(N)c(CC#N)c1. The van der Waals surface area contributed by atoms with Crippen LogP contribution in [0.4, 0.5) is 11.4 Å². The van der Waals surface area contributed by atoms with E-state index >= 15 is 0 Å². The first-order valence-electron chi connectivity index (χ1n) is 6.80. The molecule has 0 spiro atoms. The summed E-state index contributed by atoms with van der Waals surface area (Å²) in [6, 6.07) is 16.3. The third-order valence-electron chi connectivity index (χ3n) is 3.39. The van der Waals surface area contributed by atoms with Crippen molar-refractivity contribution in [2.75, 3.05) is 11.1 Å². The van der Waals surface area contributed by atoms with Crippen LogP contribution < -0.4 is 11.1 Å². The fourth-order valence-electron chi connectivity index (χ4n) is 2.23. The zero-order chi connectivity index (χ0) is 14.4. The fraction of sp³-hybridized carbons (Fsp3) is 0.235. The van der Waals surface area contributed by atoms with Crippen LogP contribution in [0.2, 0.25) is 0 Å². The first-order chi connectivity index (χ1) is 9.74. The summed E-state index contributed by atoms with van der Waals surface area (Å²) < 4.78 is 0. The Morgan fingerprint density at radius 1 is 1.10 bits per heavy atom. The predicted molar refractivity (Wildman–Crippen MR) is 83.3 cm³/mol. The predicted octanol–water partition coefficient (Wildman–Crippen LogP) is 3.51. The number of nitrogen functional groups attached to an aromatic ring is 1. The standard InChI is InChI=1S/C17H19N3/c1-2-13-5-3-4-6-15(13)12-20-16-7-8-17(19)14(11-16)9-10-18/h3-8,11,20H,2,9,12,19H2,1H3. The van der Waals surface area contributed by atoms with E-state index in [-0.39, 0.29) is 0 Å². The zero-order valence-corrected chi connectivity index (χ0v) is 11.7. The minimum absolute atomic E-state index is 0.340. The molecule has 0 aliphatic heterocycles. The molecular weight excluding hydrogens is 246 g/mol. The van der Waals surface area contributed by atoms with Crippen molar-refractivity contribution in [1.29, 1.82) is 5.26 Å². The maximum Gasteiger partial charge on any atom is 0.0670 e. The molecule has 0 saturated heterocycles. The molecule has 0 heterocycles. The molecule has 102 valence electrons. The molecule has 20 heavy (non-hydrogen) atoms. The monoisotopic (exact) mass is 265 g/mol. The molecule has 3 heteroatoms. The highest BCUT2D eigenvalue weighted by molar-refractivity contribution is 5.58. The Bertz CT molecular complexity index is 626. The number of hydrogen-bond acceptors (Lipinski definition) is 3. The second-order valence-electron chi connectivity index (χ2n) is 4.72. The van der Waals surface area contributed by atoms with Crippen molar-refractivity contribution in [2.45, 2.75) is 26.3 Å². The first kappa shape index (κ1) is 14.0. The van der Waals surface area contributed by atoms with Crippen molar-refractivity contribution < 1.29 is 0 Å². The van der Waals surface area contributed by atoms with Gasteiger partial charge in [0, 0.05) is 17.9 Å². The zero-order valence-electron chi connectivity index (χ0n) is 11.7. The lowest BCUT2D eigenvalue weighted by Gasteiger charge is -2.12. The van der Waals surface area contributed by atoms with Gasteiger partial charge < -0.3 is 11.1 Å². The summed E-state index contributed by atoms with van der Waals surface area (Å²) in [5.41, 5.74) is 11.0. The van der Waals surface area contributed by atoms with E-state index in [1.807, 2.05) is 18.2 Å². The van der Waals surface area contributed by atoms with E-state index in [1.165, 1.54) is 11.1 Å². The highest BCUT2D eigenvalue weighted by Gasteiger charge is 2.03. The van der Waals surface area contributed by atoms with Gasteiger partial charge in [-0.05, 0) is 41.3 Å². The second kappa shape index (κ2) is 6.63. The molecule has 0 saturated carbocycles. The maximum atomic E-state index is 8.79. The largest absolute Gasteiger partial charge is 0.398 e. The molecule has 2 aromatic rings. The van der Waals surface area contributed by atoms with Crippen LogP contribution in [-0.2, 0) is 19.4 Å². The number of nitriles is 1. The lowest BCUT2D eigenvalue weighted by Crippen LogP contribution is -2.03. The average Bonchev–Trinajstić information content (AvgIpc) is 2.48. The number of nitrogens with one attached hydrogen (secondary N) is 1. The Kier molecular flexibility index (Phi) is 4.62. The Hall–Kier alpha value is -2.47. The summed E-state index contributed by atoms with van der Waals surface area (Å²) in [6.07, 6.45) is 1.37. The molecule has 0 radical (unpaired) electrons. The molecule has 0 amide bonds. The van der Waals surface area contributed by atoms with E-state index in [0.29, 0.717) is 12.1 Å². The van der Waals surface area contributed by atoms with E-state index in [1.54, 1.807) is 0 Å². The van der Waals surface area contributed by atoms with Gasteiger partial charge in [0.25, 0.3) is 0 Å². The van der Waals surface area contributed by atoms with Gasteiger partial charge in [0.15, 0.2) is 0 Å². The van der Waals surface area contributed by atoms with Gasteiger partial charge in [0.2, 0.25) is 0 Å². The Balaban J connectivity index is 2.11. The van der Waals surface area contributed by atoms with Crippen LogP contribution in [0.25, 0.3) is 0 Å². The smallest absolute Gasteiger partial charge is 0.0670 e. The minimum Gasteiger partial charge on any atom is -0.398 e. The van der Waals surface area contributed by atoms with Gasteiger partial charge >= 0.3 is 0 Å². The second-order valence-corrected chi connectivity index (χ2v) is 4.72. The van der Waals surface area contributed by atoms with Crippen LogP contribution >= 0.6 is 0 Å². The first-order valence-corrected chi connectivity index (χ1v) is 6.80. The molecule has 2 aromatic carbocycles. The van der Waals surface area contributed by atoms with Crippen molar-refractivity contribution in [3.8, 4) is 6.07 Å². The Labute approximate surface area is 120 Å². The number of anilines is 2.